The lowest BCUT2D eigenvalue weighted by molar-refractivity contribution is 0.356. The average Bonchev–Trinajstić information content (AvgIpc) is 2.61. The molecule has 0 saturated heterocycles. The topological polar surface area (TPSA) is 12.5 Å². The molecule has 3 rings (SSSR count). The fourth-order valence-corrected chi connectivity index (χ4v) is 3.52. The Balaban J connectivity index is 2.26. The first-order valence-electron chi connectivity index (χ1n) is 4.92. The summed E-state index contributed by atoms with van der Waals surface area (Å²) in [5.74, 6) is 0.0146. The van der Waals surface area contributed by atoms with Crippen LogP contribution in [0, 0.1) is 0 Å². The van der Waals surface area contributed by atoms with Crippen molar-refractivity contribution < 1.29 is 4.74 Å². The first-order chi connectivity index (χ1) is 8.11. The number of fused-ring (bicyclic) bond motifs is 3. The van der Waals surface area contributed by atoms with Crippen molar-refractivity contribution in [1.82, 2.24) is 0 Å². The first kappa shape index (κ1) is 11.8. The minimum Gasteiger partial charge on any atom is -0.441 e. The van der Waals surface area contributed by atoms with Gasteiger partial charge in [-0.2, -0.15) is 0 Å². The molecule has 2 nitrogen and oxygen atoms in total. The zero-order valence-corrected chi connectivity index (χ0v) is 12.1. The van der Waals surface area contributed by atoms with E-state index in [9.17, 15) is 0 Å². The van der Waals surface area contributed by atoms with Crippen molar-refractivity contribution in [2.45, 2.75) is 5.92 Å². The Bertz CT molecular complexity index is 566. The lowest BCUT2D eigenvalue weighted by Crippen LogP contribution is -2.14. The standard InChI is InChI=1S/C11H9NOS4/c14-9-7-5-3-1-2-4-6(5)12(17)8(7)10(15)13-11(9)16/h1-4,7,14-17H. The molecule has 1 aromatic rings. The number of allylic oxidation sites excluding steroid dienone is 1. The molecule has 0 fully saturated rings. The van der Waals surface area contributed by atoms with Crippen LogP contribution in [0.4, 0.5) is 5.69 Å². The van der Waals surface area contributed by atoms with Gasteiger partial charge in [-0.1, -0.05) is 31.0 Å². The Morgan fingerprint density at radius 3 is 2.53 bits per heavy atom. The molecule has 0 saturated carbocycles. The summed E-state index contributed by atoms with van der Waals surface area (Å²) in [7, 11) is 0. The molecule has 6 heteroatoms. The minimum absolute atomic E-state index is 0.0146. The van der Waals surface area contributed by atoms with Crippen LogP contribution in [0.1, 0.15) is 11.5 Å². The van der Waals surface area contributed by atoms with Crippen LogP contribution in [0.3, 0.4) is 0 Å². The molecule has 2 heterocycles. The Hall–Kier alpha value is -0.300. The van der Waals surface area contributed by atoms with Gasteiger partial charge in [0.1, 0.15) is 0 Å². The number of para-hydroxylation sites is 1. The summed E-state index contributed by atoms with van der Waals surface area (Å²) in [6.45, 7) is 0. The van der Waals surface area contributed by atoms with Crippen molar-refractivity contribution in [2.75, 3.05) is 4.31 Å². The fourth-order valence-electron chi connectivity index (χ4n) is 2.13. The lowest BCUT2D eigenvalue weighted by Gasteiger charge is -2.25. The largest absolute Gasteiger partial charge is 0.441 e. The molecule has 2 aliphatic heterocycles. The molecule has 0 aliphatic carbocycles. The highest BCUT2D eigenvalue weighted by Crippen LogP contribution is 2.54. The summed E-state index contributed by atoms with van der Waals surface area (Å²) < 4.78 is 7.23. The van der Waals surface area contributed by atoms with E-state index in [2.05, 4.69) is 56.8 Å². The molecule has 1 atom stereocenters. The fraction of sp³-hybridized carbons (Fsp3) is 0.0909. The van der Waals surface area contributed by atoms with E-state index in [4.69, 9.17) is 4.74 Å². The highest BCUT2D eigenvalue weighted by atomic mass is 32.1. The van der Waals surface area contributed by atoms with E-state index < -0.39 is 0 Å². The molecule has 2 aliphatic rings. The molecular weight excluding hydrogens is 290 g/mol. The van der Waals surface area contributed by atoms with Crippen molar-refractivity contribution in [3.63, 3.8) is 0 Å². The predicted molar refractivity (Wildman–Crippen MR) is 82.7 cm³/mol. The van der Waals surface area contributed by atoms with Crippen molar-refractivity contribution in [1.29, 1.82) is 0 Å². The maximum atomic E-state index is 5.43. The number of hydrogen-bond donors (Lipinski definition) is 4. The molecule has 1 unspecified atom stereocenters. The predicted octanol–water partition coefficient (Wildman–Crippen LogP) is 3.59. The second-order valence-electron chi connectivity index (χ2n) is 3.79. The number of hydrogen-bond acceptors (Lipinski definition) is 6. The molecule has 17 heavy (non-hydrogen) atoms. The van der Waals surface area contributed by atoms with E-state index in [-0.39, 0.29) is 5.92 Å². The molecule has 0 aromatic heterocycles. The van der Waals surface area contributed by atoms with Crippen LogP contribution >= 0.6 is 50.7 Å². The highest BCUT2D eigenvalue weighted by molar-refractivity contribution is 7.88. The average molecular weight is 299 g/mol. The van der Waals surface area contributed by atoms with Gasteiger partial charge in [0, 0.05) is 4.91 Å². The summed E-state index contributed by atoms with van der Waals surface area (Å²) >= 11 is 17.6. The van der Waals surface area contributed by atoms with Crippen LogP contribution in [0.25, 0.3) is 0 Å². The molecule has 0 radical (unpaired) electrons. The maximum absolute atomic E-state index is 5.43. The molecule has 1 aromatic carbocycles. The molecule has 0 bridgehead atoms. The summed E-state index contributed by atoms with van der Waals surface area (Å²) in [6.07, 6.45) is 0. The van der Waals surface area contributed by atoms with E-state index >= 15 is 0 Å². The highest BCUT2D eigenvalue weighted by Gasteiger charge is 2.40. The third-order valence-corrected chi connectivity index (χ3v) is 4.60. The van der Waals surface area contributed by atoms with Gasteiger partial charge in [0.25, 0.3) is 0 Å². The minimum atomic E-state index is 0.0146. The van der Waals surface area contributed by atoms with Gasteiger partial charge in [-0.05, 0) is 11.6 Å². The van der Waals surface area contributed by atoms with E-state index in [1.165, 1.54) is 0 Å². The van der Waals surface area contributed by atoms with Crippen molar-refractivity contribution in [3.8, 4) is 0 Å². The molecule has 0 spiro atoms. The lowest BCUT2D eigenvalue weighted by atomic mass is 9.98. The van der Waals surface area contributed by atoms with Gasteiger partial charge in [0.15, 0.2) is 10.2 Å². The Morgan fingerprint density at radius 2 is 1.76 bits per heavy atom. The number of thiol groups is 4. The van der Waals surface area contributed by atoms with Gasteiger partial charge in [-0.3, -0.25) is 4.31 Å². The second-order valence-corrected chi connectivity index (χ2v) is 5.48. The van der Waals surface area contributed by atoms with Crippen LogP contribution in [0.15, 0.2) is 45.1 Å². The third kappa shape index (κ3) is 1.62. The van der Waals surface area contributed by atoms with E-state index in [1.54, 1.807) is 4.31 Å². The summed E-state index contributed by atoms with van der Waals surface area (Å²) in [4.78, 5) is 0.783. The van der Waals surface area contributed by atoms with Crippen molar-refractivity contribution in [2.24, 2.45) is 0 Å². The van der Waals surface area contributed by atoms with Crippen LogP contribution < -0.4 is 4.31 Å². The Morgan fingerprint density at radius 1 is 1.06 bits per heavy atom. The van der Waals surface area contributed by atoms with E-state index in [0.717, 1.165) is 21.9 Å². The number of nitrogens with zero attached hydrogens (tertiary/aromatic N) is 1. The van der Waals surface area contributed by atoms with Crippen LogP contribution in [0.5, 0.6) is 0 Å². The van der Waals surface area contributed by atoms with E-state index in [0.29, 0.717) is 10.2 Å². The molecule has 0 amide bonds. The number of benzene rings is 1. The van der Waals surface area contributed by atoms with Gasteiger partial charge in [-0.15, -0.1) is 37.9 Å². The first-order valence-corrected chi connectivity index (χ1v) is 6.66. The smallest absolute Gasteiger partial charge is 0.180 e. The monoisotopic (exact) mass is 299 g/mol. The normalized spacial score (nSPS) is 22.6. The number of anilines is 1. The van der Waals surface area contributed by atoms with Crippen molar-refractivity contribution >= 4 is 56.4 Å². The van der Waals surface area contributed by atoms with Gasteiger partial charge in [0.2, 0.25) is 0 Å². The van der Waals surface area contributed by atoms with Gasteiger partial charge in [-0.25, -0.2) is 0 Å². The van der Waals surface area contributed by atoms with Gasteiger partial charge < -0.3 is 4.74 Å². The second kappa shape index (κ2) is 4.12. The van der Waals surface area contributed by atoms with Gasteiger partial charge >= 0.3 is 0 Å². The van der Waals surface area contributed by atoms with Gasteiger partial charge in [0.05, 0.1) is 17.3 Å². The number of rotatable bonds is 0. The van der Waals surface area contributed by atoms with Crippen LogP contribution in [-0.4, -0.2) is 0 Å². The van der Waals surface area contributed by atoms with E-state index in [1.807, 2.05) is 18.2 Å². The zero-order valence-electron chi connectivity index (χ0n) is 8.53. The SMILES string of the molecule is SC1=C(S)C2C(=C(S)O1)N(S)c1ccccc12. The molecule has 0 N–H and O–H groups in total. The Labute approximate surface area is 121 Å². The summed E-state index contributed by atoms with van der Waals surface area (Å²) in [6, 6.07) is 8.03. The third-order valence-electron chi connectivity index (χ3n) is 2.88. The Kier molecular flexibility index (Phi) is 2.85. The number of ether oxygens (including phenoxy) is 1. The zero-order chi connectivity index (χ0) is 12.2. The summed E-state index contributed by atoms with van der Waals surface area (Å²) in [5, 5.41) is 1.01. The molecule has 88 valence electrons. The van der Waals surface area contributed by atoms with Crippen LogP contribution in [0.2, 0.25) is 0 Å². The van der Waals surface area contributed by atoms with Crippen molar-refractivity contribution in [3.05, 3.63) is 50.6 Å². The quantitative estimate of drug-likeness (QED) is 0.547. The molecular formula is C11H9NOS4. The maximum Gasteiger partial charge on any atom is 0.180 e. The van der Waals surface area contributed by atoms with Crippen LogP contribution in [-0.2, 0) is 4.74 Å². The summed E-state index contributed by atoms with van der Waals surface area (Å²) in [5.41, 5.74) is 3.06.